The third-order valence-corrected chi connectivity index (χ3v) is 7.56. The van der Waals surface area contributed by atoms with E-state index in [1.807, 2.05) is 18.3 Å². The number of nitrogens with zero attached hydrogens (tertiary/aromatic N) is 3. The average Bonchev–Trinajstić information content (AvgIpc) is 2.93. The van der Waals surface area contributed by atoms with Crippen LogP contribution in [0.4, 0.5) is 11.4 Å². The number of fused-ring (bicyclic) bond motifs is 1. The first-order valence-electron chi connectivity index (χ1n) is 13.3. The molecule has 0 radical (unpaired) electrons. The van der Waals surface area contributed by atoms with Crippen molar-refractivity contribution in [2.75, 3.05) is 25.1 Å². The fourth-order valence-corrected chi connectivity index (χ4v) is 5.02. The molecule has 0 saturated heterocycles. The van der Waals surface area contributed by atoms with Crippen molar-refractivity contribution in [1.82, 2.24) is 9.88 Å². The van der Waals surface area contributed by atoms with Crippen molar-refractivity contribution in [1.29, 1.82) is 0 Å². The van der Waals surface area contributed by atoms with Crippen molar-refractivity contribution in [3.63, 3.8) is 0 Å². The number of allylic oxidation sites excluding steroid dienone is 1. The molecule has 0 fully saturated rings. The van der Waals surface area contributed by atoms with Crippen LogP contribution in [0.15, 0.2) is 84.1 Å². The molecule has 0 N–H and O–H groups in total. The first-order chi connectivity index (χ1) is 18.0. The Morgan fingerprint density at radius 3 is 2.62 bits per heavy atom. The van der Waals surface area contributed by atoms with Gasteiger partial charge in [-0.15, -0.1) is 0 Å². The van der Waals surface area contributed by atoms with Gasteiger partial charge < -0.3 is 14.5 Å². The molecule has 1 aliphatic rings. The maximum atomic E-state index is 6.17. The van der Waals surface area contributed by atoms with Gasteiger partial charge in [-0.25, -0.2) is 0 Å². The lowest BCUT2D eigenvalue weighted by atomic mass is 9.92. The van der Waals surface area contributed by atoms with Crippen LogP contribution in [-0.2, 0) is 6.42 Å². The number of rotatable bonds is 11. The predicted octanol–water partition coefficient (Wildman–Crippen LogP) is 8.72. The molecule has 194 valence electrons. The van der Waals surface area contributed by atoms with Gasteiger partial charge in [0.2, 0.25) is 0 Å². The standard InChI is InChI=1S/C32H38BrN3O/c1-5-7-8-9-19-36(24(3)31-21-27(33)16-18-34-31)23-26-17-20-37-32-22-29(14-15-30(26)32)35(4)28-12-10-25(6-2)11-13-28/h9-16,18-19,21-22,26H,3,5-8,17,20,23H2,1-2,4H3/b19-9-. The number of hydrogen-bond donors (Lipinski definition) is 0. The number of unbranched alkanes of at least 4 members (excludes halogenated alkanes) is 2. The van der Waals surface area contributed by atoms with Crippen LogP contribution >= 0.6 is 15.9 Å². The minimum atomic E-state index is 0.340. The highest BCUT2D eigenvalue weighted by Crippen LogP contribution is 2.39. The maximum absolute atomic E-state index is 6.17. The van der Waals surface area contributed by atoms with E-state index in [0.717, 1.165) is 53.1 Å². The molecule has 0 spiro atoms. The lowest BCUT2D eigenvalue weighted by molar-refractivity contribution is 0.256. The van der Waals surface area contributed by atoms with Gasteiger partial charge >= 0.3 is 0 Å². The molecule has 1 aromatic heterocycles. The third kappa shape index (κ3) is 6.84. The molecule has 0 saturated carbocycles. The van der Waals surface area contributed by atoms with Gasteiger partial charge in [0.15, 0.2) is 0 Å². The summed E-state index contributed by atoms with van der Waals surface area (Å²) >= 11 is 3.58. The summed E-state index contributed by atoms with van der Waals surface area (Å²) in [5.41, 5.74) is 6.70. The van der Waals surface area contributed by atoms with Crippen LogP contribution < -0.4 is 9.64 Å². The van der Waals surface area contributed by atoms with Crippen LogP contribution in [0.1, 0.15) is 62.3 Å². The van der Waals surface area contributed by atoms with Gasteiger partial charge in [0.25, 0.3) is 0 Å². The van der Waals surface area contributed by atoms with Gasteiger partial charge in [0, 0.05) is 53.8 Å². The van der Waals surface area contributed by atoms with E-state index in [9.17, 15) is 0 Å². The third-order valence-electron chi connectivity index (χ3n) is 7.07. The Balaban J connectivity index is 1.56. The van der Waals surface area contributed by atoms with E-state index in [-0.39, 0.29) is 0 Å². The Hall–Kier alpha value is -3.05. The Labute approximate surface area is 230 Å². The van der Waals surface area contributed by atoms with Crippen molar-refractivity contribution in [3.8, 4) is 5.75 Å². The largest absolute Gasteiger partial charge is 0.493 e. The fourth-order valence-electron chi connectivity index (χ4n) is 4.69. The monoisotopic (exact) mass is 559 g/mol. The number of ether oxygens (including phenoxy) is 1. The zero-order valence-corrected chi connectivity index (χ0v) is 23.9. The minimum Gasteiger partial charge on any atom is -0.493 e. The van der Waals surface area contributed by atoms with Crippen LogP contribution in [0.5, 0.6) is 5.75 Å². The van der Waals surface area contributed by atoms with Crippen molar-refractivity contribution in [3.05, 3.63) is 101 Å². The highest BCUT2D eigenvalue weighted by Gasteiger charge is 2.25. The summed E-state index contributed by atoms with van der Waals surface area (Å²) in [6, 6.07) is 19.4. The Morgan fingerprint density at radius 1 is 1.11 bits per heavy atom. The molecule has 3 aromatic rings. The smallest absolute Gasteiger partial charge is 0.124 e. The van der Waals surface area contributed by atoms with Gasteiger partial charge in [-0.1, -0.05) is 73.5 Å². The van der Waals surface area contributed by atoms with Gasteiger partial charge in [-0.05, 0) is 60.7 Å². The second kappa shape index (κ2) is 13.0. The number of aryl methyl sites for hydroxylation is 1. The molecule has 4 rings (SSSR count). The van der Waals surface area contributed by atoms with Crippen LogP contribution in [0, 0.1) is 0 Å². The number of anilines is 2. The van der Waals surface area contributed by atoms with Crippen molar-refractivity contribution < 1.29 is 4.74 Å². The average molecular weight is 561 g/mol. The molecule has 0 bridgehead atoms. The lowest BCUT2D eigenvalue weighted by Crippen LogP contribution is -2.26. The van der Waals surface area contributed by atoms with Crippen LogP contribution in [0.25, 0.3) is 5.70 Å². The molecule has 0 amide bonds. The molecule has 1 aliphatic heterocycles. The zero-order valence-electron chi connectivity index (χ0n) is 22.3. The van der Waals surface area contributed by atoms with Gasteiger partial charge in [-0.3, -0.25) is 4.98 Å². The molecule has 5 heteroatoms. The normalized spacial score (nSPS) is 14.8. The van der Waals surface area contributed by atoms with Crippen molar-refractivity contribution >= 4 is 33.0 Å². The molecule has 1 unspecified atom stereocenters. The number of aromatic nitrogens is 1. The summed E-state index contributed by atoms with van der Waals surface area (Å²) in [5.74, 6) is 1.32. The topological polar surface area (TPSA) is 28.6 Å². The van der Waals surface area contributed by atoms with E-state index >= 15 is 0 Å². The van der Waals surface area contributed by atoms with Crippen LogP contribution in [0.3, 0.4) is 0 Å². The molecular weight excluding hydrogens is 522 g/mol. The minimum absolute atomic E-state index is 0.340. The first-order valence-corrected chi connectivity index (χ1v) is 14.1. The highest BCUT2D eigenvalue weighted by molar-refractivity contribution is 9.10. The SMILES string of the molecule is C=C(c1cc(Br)ccn1)N(/C=C\CCCC)CC1CCOc2cc(N(C)c3ccc(CC)cc3)ccc21. The van der Waals surface area contributed by atoms with E-state index in [4.69, 9.17) is 4.74 Å². The van der Waals surface area contributed by atoms with E-state index < -0.39 is 0 Å². The number of hydrogen-bond acceptors (Lipinski definition) is 4. The molecule has 37 heavy (non-hydrogen) atoms. The zero-order chi connectivity index (χ0) is 26.2. The number of halogens is 1. The Morgan fingerprint density at radius 2 is 1.89 bits per heavy atom. The van der Waals surface area contributed by atoms with E-state index in [2.05, 4.69) is 113 Å². The maximum Gasteiger partial charge on any atom is 0.124 e. The number of pyridine rings is 1. The van der Waals surface area contributed by atoms with Gasteiger partial charge in [0.1, 0.15) is 5.75 Å². The summed E-state index contributed by atoms with van der Waals surface area (Å²) in [6.45, 7) is 10.4. The lowest BCUT2D eigenvalue weighted by Gasteiger charge is -2.32. The summed E-state index contributed by atoms with van der Waals surface area (Å²) in [5, 5.41) is 0. The van der Waals surface area contributed by atoms with E-state index in [0.29, 0.717) is 12.5 Å². The van der Waals surface area contributed by atoms with Gasteiger partial charge in [-0.2, -0.15) is 0 Å². The van der Waals surface area contributed by atoms with Crippen molar-refractivity contribution in [2.24, 2.45) is 0 Å². The summed E-state index contributed by atoms with van der Waals surface area (Å²) < 4.78 is 7.17. The van der Waals surface area contributed by atoms with Crippen LogP contribution in [-0.4, -0.2) is 30.1 Å². The second-order valence-electron chi connectivity index (χ2n) is 9.62. The van der Waals surface area contributed by atoms with E-state index in [1.54, 1.807) is 0 Å². The molecule has 1 atom stereocenters. The summed E-state index contributed by atoms with van der Waals surface area (Å²) in [6.07, 6.45) is 11.7. The first kappa shape index (κ1) is 27.0. The quantitative estimate of drug-likeness (QED) is 0.219. The number of benzene rings is 2. The fraction of sp³-hybridized carbons (Fsp3) is 0.344. The van der Waals surface area contributed by atoms with Crippen molar-refractivity contribution in [2.45, 2.75) is 51.9 Å². The van der Waals surface area contributed by atoms with Gasteiger partial charge in [0.05, 0.1) is 18.0 Å². The predicted molar refractivity (Wildman–Crippen MR) is 160 cm³/mol. The summed E-state index contributed by atoms with van der Waals surface area (Å²) in [7, 11) is 2.11. The molecule has 2 heterocycles. The Kier molecular flexibility index (Phi) is 9.45. The van der Waals surface area contributed by atoms with Crippen LogP contribution in [0.2, 0.25) is 0 Å². The molecule has 4 nitrogen and oxygen atoms in total. The highest BCUT2D eigenvalue weighted by atomic mass is 79.9. The van der Waals surface area contributed by atoms with E-state index in [1.165, 1.54) is 29.7 Å². The molecular formula is C32H38BrN3O. The second-order valence-corrected chi connectivity index (χ2v) is 10.5. The summed E-state index contributed by atoms with van der Waals surface area (Å²) in [4.78, 5) is 9.06. The molecule has 0 aliphatic carbocycles. The Bertz CT molecular complexity index is 1220. The molecule has 2 aromatic carbocycles.